The molecule has 0 heterocycles. The molecule has 0 bridgehead atoms. The number of benzene rings is 1. The van der Waals surface area contributed by atoms with Crippen LogP contribution in [-0.4, -0.2) is 20.3 Å². The van der Waals surface area contributed by atoms with Gasteiger partial charge in [0.2, 0.25) is 0 Å². The SMILES string of the molecule is CCCOc1ccc(CNC)c(OCCC(C)C)c1. The summed E-state index contributed by atoms with van der Waals surface area (Å²) in [7, 11) is 1.94. The van der Waals surface area contributed by atoms with Crippen molar-refractivity contribution in [3.05, 3.63) is 23.8 Å². The molecule has 1 aromatic rings. The maximum atomic E-state index is 5.90. The van der Waals surface area contributed by atoms with Crippen LogP contribution in [0.2, 0.25) is 0 Å². The van der Waals surface area contributed by atoms with Gasteiger partial charge in [-0.1, -0.05) is 26.8 Å². The van der Waals surface area contributed by atoms with E-state index in [0.717, 1.165) is 44.1 Å². The third-order valence-electron chi connectivity index (χ3n) is 2.83. The molecule has 0 aliphatic rings. The monoisotopic (exact) mass is 265 g/mol. The molecule has 0 fully saturated rings. The summed E-state index contributed by atoms with van der Waals surface area (Å²) in [6.45, 7) is 8.83. The fraction of sp³-hybridized carbons (Fsp3) is 0.625. The normalized spacial score (nSPS) is 10.8. The number of ether oxygens (including phenoxy) is 2. The van der Waals surface area contributed by atoms with E-state index in [9.17, 15) is 0 Å². The van der Waals surface area contributed by atoms with Crippen molar-refractivity contribution in [2.75, 3.05) is 20.3 Å². The lowest BCUT2D eigenvalue weighted by molar-refractivity contribution is 0.280. The van der Waals surface area contributed by atoms with Crippen LogP contribution in [-0.2, 0) is 6.54 Å². The zero-order valence-electron chi connectivity index (χ0n) is 12.7. The van der Waals surface area contributed by atoms with Crippen LogP contribution >= 0.6 is 0 Å². The Morgan fingerprint density at radius 3 is 2.58 bits per heavy atom. The van der Waals surface area contributed by atoms with Crippen molar-refractivity contribution in [1.82, 2.24) is 5.32 Å². The lowest BCUT2D eigenvalue weighted by Gasteiger charge is -2.14. The van der Waals surface area contributed by atoms with Crippen LogP contribution in [0.5, 0.6) is 11.5 Å². The quantitative estimate of drug-likeness (QED) is 0.739. The molecule has 0 aromatic heterocycles. The summed E-state index contributed by atoms with van der Waals surface area (Å²) in [5, 5.41) is 3.17. The Labute approximate surface area is 117 Å². The van der Waals surface area contributed by atoms with Crippen LogP contribution in [0.25, 0.3) is 0 Å². The van der Waals surface area contributed by atoms with Gasteiger partial charge in [0.15, 0.2) is 0 Å². The molecule has 0 radical (unpaired) electrons. The van der Waals surface area contributed by atoms with Crippen LogP contribution in [0, 0.1) is 5.92 Å². The molecule has 3 heteroatoms. The Balaban J connectivity index is 2.70. The highest BCUT2D eigenvalue weighted by atomic mass is 16.5. The Morgan fingerprint density at radius 2 is 1.95 bits per heavy atom. The summed E-state index contributed by atoms with van der Waals surface area (Å²) in [5.74, 6) is 2.48. The van der Waals surface area contributed by atoms with Gasteiger partial charge in [0, 0.05) is 18.2 Å². The first kappa shape index (κ1) is 15.8. The summed E-state index contributed by atoms with van der Waals surface area (Å²) in [6, 6.07) is 6.09. The largest absolute Gasteiger partial charge is 0.493 e. The lowest BCUT2D eigenvalue weighted by Crippen LogP contribution is -2.09. The van der Waals surface area contributed by atoms with Gasteiger partial charge in [-0.2, -0.15) is 0 Å². The molecule has 0 atom stereocenters. The van der Waals surface area contributed by atoms with E-state index in [1.807, 2.05) is 19.2 Å². The van der Waals surface area contributed by atoms with E-state index in [4.69, 9.17) is 9.47 Å². The minimum atomic E-state index is 0.660. The maximum Gasteiger partial charge on any atom is 0.127 e. The first-order valence-electron chi connectivity index (χ1n) is 7.20. The van der Waals surface area contributed by atoms with Crippen molar-refractivity contribution >= 4 is 0 Å². The molecule has 3 nitrogen and oxygen atoms in total. The molecule has 0 spiro atoms. The molecule has 1 aromatic carbocycles. The Hall–Kier alpha value is -1.22. The average molecular weight is 265 g/mol. The van der Waals surface area contributed by atoms with Crippen LogP contribution in [0.4, 0.5) is 0 Å². The Bertz CT molecular complexity index is 364. The van der Waals surface area contributed by atoms with Crippen molar-refractivity contribution in [2.24, 2.45) is 5.92 Å². The first-order valence-corrected chi connectivity index (χ1v) is 7.20. The highest BCUT2D eigenvalue weighted by Gasteiger charge is 2.06. The number of hydrogen-bond donors (Lipinski definition) is 1. The van der Waals surface area contributed by atoms with Crippen LogP contribution in [0.15, 0.2) is 18.2 Å². The van der Waals surface area contributed by atoms with Crippen molar-refractivity contribution in [1.29, 1.82) is 0 Å². The van der Waals surface area contributed by atoms with Gasteiger partial charge < -0.3 is 14.8 Å². The van der Waals surface area contributed by atoms with Crippen molar-refractivity contribution in [3.63, 3.8) is 0 Å². The van der Waals surface area contributed by atoms with E-state index in [1.165, 1.54) is 5.56 Å². The molecule has 0 saturated heterocycles. The molecular formula is C16H27NO2. The van der Waals surface area contributed by atoms with Gasteiger partial charge in [0.05, 0.1) is 13.2 Å². The second-order valence-corrected chi connectivity index (χ2v) is 5.18. The van der Waals surface area contributed by atoms with Gasteiger partial charge in [0.25, 0.3) is 0 Å². The van der Waals surface area contributed by atoms with Gasteiger partial charge in [-0.15, -0.1) is 0 Å². The fourth-order valence-electron chi connectivity index (χ4n) is 1.72. The zero-order chi connectivity index (χ0) is 14.1. The second kappa shape index (κ2) is 8.81. The molecule has 0 unspecified atom stereocenters. The van der Waals surface area contributed by atoms with E-state index in [-0.39, 0.29) is 0 Å². The van der Waals surface area contributed by atoms with E-state index < -0.39 is 0 Å². The van der Waals surface area contributed by atoms with Gasteiger partial charge in [-0.25, -0.2) is 0 Å². The summed E-state index contributed by atoms with van der Waals surface area (Å²) >= 11 is 0. The predicted molar refractivity (Wildman–Crippen MR) is 79.9 cm³/mol. The minimum Gasteiger partial charge on any atom is -0.493 e. The Morgan fingerprint density at radius 1 is 1.16 bits per heavy atom. The Kier molecular flexibility index (Phi) is 7.34. The van der Waals surface area contributed by atoms with Crippen molar-refractivity contribution < 1.29 is 9.47 Å². The third kappa shape index (κ3) is 5.97. The highest BCUT2D eigenvalue weighted by Crippen LogP contribution is 2.25. The molecule has 0 aliphatic carbocycles. The number of hydrogen-bond acceptors (Lipinski definition) is 3. The summed E-state index contributed by atoms with van der Waals surface area (Å²) in [4.78, 5) is 0. The van der Waals surface area contributed by atoms with Crippen molar-refractivity contribution in [2.45, 2.75) is 40.2 Å². The van der Waals surface area contributed by atoms with E-state index in [0.29, 0.717) is 5.92 Å². The molecule has 1 rings (SSSR count). The average Bonchev–Trinajstić information content (AvgIpc) is 2.38. The van der Waals surface area contributed by atoms with E-state index >= 15 is 0 Å². The van der Waals surface area contributed by atoms with E-state index in [2.05, 4.69) is 32.2 Å². The molecule has 0 aliphatic heterocycles. The summed E-state index contributed by atoms with van der Waals surface area (Å²) < 4.78 is 11.6. The molecule has 108 valence electrons. The smallest absolute Gasteiger partial charge is 0.127 e. The zero-order valence-corrected chi connectivity index (χ0v) is 12.7. The number of nitrogens with one attached hydrogen (secondary N) is 1. The standard InChI is InChI=1S/C16H27NO2/c1-5-9-18-15-7-6-14(12-17-4)16(11-15)19-10-8-13(2)3/h6-7,11,13,17H,5,8-10,12H2,1-4H3. The molecule has 1 N–H and O–H groups in total. The van der Waals surface area contributed by atoms with Crippen molar-refractivity contribution in [3.8, 4) is 11.5 Å². The van der Waals surface area contributed by atoms with Gasteiger partial charge in [-0.05, 0) is 31.9 Å². The van der Waals surface area contributed by atoms with Crippen LogP contribution in [0.1, 0.15) is 39.2 Å². The fourth-order valence-corrected chi connectivity index (χ4v) is 1.72. The third-order valence-corrected chi connectivity index (χ3v) is 2.83. The minimum absolute atomic E-state index is 0.660. The van der Waals surface area contributed by atoms with Crippen LogP contribution in [0.3, 0.4) is 0 Å². The van der Waals surface area contributed by atoms with Gasteiger partial charge in [-0.3, -0.25) is 0 Å². The molecule has 0 amide bonds. The van der Waals surface area contributed by atoms with E-state index in [1.54, 1.807) is 0 Å². The lowest BCUT2D eigenvalue weighted by atomic mass is 10.1. The molecular weight excluding hydrogens is 238 g/mol. The molecule has 0 saturated carbocycles. The van der Waals surface area contributed by atoms with Crippen LogP contribution < -0.4 is 14.8 Å². The predicted octanol–water partition coefficient (Wildman–Crippen LogP) is 3.62. The topological polar surface area (TPSA) is 30.5 Å². The summed E-state index contributed by atoms with van der Waals surface area (Å²) in [6.07, 6.45) is 2.08. The number of rotatable bonds is 9. The maximum absolute atomic E-state index is 5.90. The van der Waals surface area contributed by atoms with Gasteiger partial charge in [0.1, 0.15) is 11.5 Å². The first-order chi connectivity index (χ1) is 9.17. The molecule has 19 heavy (non-hydrogen) atoms. The summed E-state index contributed by atoms with van der Waals surface area (Å²) in [5.41, 5.74) is 1.18. The second-order valence-electron chi connectivity index (χ2n) is 5.18. The highest BCUT2D eigenvalue weighted by molar-refractivity contribution is 5.40. The van der Waals surface area contributed by atoms with Gasteiger partial charge >= 0.3 is 0 Å².